The number of piperazine rings is 1. The van der Waals surface area contributed by atoms with E-state index >= 15 is 0 Å². The maximum absolute atomic E-state index is 12.7. The fourth-order valence-corrected chi connectivity index (χ4v) is 3.50. The third-order valence-corrected chi connectivity index (χ3v) is 5.69. The molecule has 2 aromatic rings. The smallest absolute Gasteiger partial charge is 0.241 e. The lowest BCUT2D eigenvalue weighted by Gasteiger charge is -2.37. The summed E-state index contributed by atoms with van der Waals surface area (Å²) >= 11 is 6.14. The number of anilines is 1. The van der Waals surface area contributed by atoms with E-state index in [0.717, 1.165) is 49.7 Å². The molecule has 1 fully saturated rings. The third-order valence-electron chi connectivity index (χ3n) is 5.28. The Morgan fingerprint density at radius 1 is 1.11 bits per heavy atom. The van der Waals surface area contributed by atoms with Gasteiger partial charge in [-0.05, 0) is 43.7 Å². The summed E-state index contributed by atoms with van der Waals surface area (Å²) in [5, 5.41) is 3.68. The van der Waals surface area contributed by atoms with E-state index in [-0.39, 0.29) is 11.9 Å². The molecule has 1 aliphatic rings. The molecule has 0 saturated carbocycles. The number of benzene rings is 2. The van der Waals surface area contributed by atoms with Gasteiger partial charge in [-0.2, -0.15) is 0 Å². The zero-order valence-corrected chi connectivity index (χ0v) is 17.3. The minimum Gasteiger partial charge on any atom is -0.492 e. The molecule has 1 unspecified atom stereocenters. The van der Waals surface area contributed by atoms with Crippen molar-refractivity contribution < 1.29 is 9.53 Å². The Morgan fingerprint density at radius 3 is 2.54 bits per heavy atom. The molecule has 0 radical (unpaired) electrons. The maximum atomic E-state index is 12.7. The van der Waals surface area contributed by atoms with Crippen molar-refractivity contribution in [2.75, 3.05) is 44.6 Å². The number of carbonyl (C=O) groups excluding carboxylic acids is 1. The van der Waals surface area contributed by atoms with Crippen LogP contribution < -0.4 is 10.1 Å². The highest BCUT2D eigenvalue weighted by atomic mass is 35.5. The lowest BCUT2D eigenvalue weighted by Crippen LogP contribution is -2.53. The van der Waals surface area contributed by atoms with Gasteiger partial charge < -0.3 is 10.1 Å². The van der Waals surface area contributed by atoms with Crippen molar-refractivity contribution in [3.8, 4) is 5.75 Å². The molecule has 1 aliphatic heterocycles. The van der Waals surface area contributed by atoms with Crippen molar-refractivity contribution in [3.05, 3.63) is 59.1 Å². The van der Waals surface area contributed by atoms with E-state index < -0.39 is 0 Å². The molecule has 1 atom stereocenters. The van der Waals surface area contributed by atoms with Crippen molar-refractivity contribution in [2.24, 2.45) is 0 Å². The zero-order chi connectivity index (χ0) is 19.9. The number of para-hydroxylation sites is 1. The summed E-state index contributed by atoms with van der Waals surface area (Å²) in [5.74, 6) is 0.911. The molecule has 6 heteroatoms. The molecule has 5 nitrogen and oxygen atoms in total. The quantitative estimate of drug-likeness (QED) is 0.768. The van der Waals surface area contributed by atoms with E-state index in [4.69, 9.17) is 16.3 Å². The molecule has 150 valence electrons. The summed E-state index contributed by atoms with van der Waals surface area (Å²) in [6, 6.07) is 15.3. The molecule has 0 aliphatic carbocycles. The Morgan fingerprint density at radius 2 is 1.82 bits per heavy atom. The monoisotopic (exact) mass is 401 g/mol. The Balaban J connectivity index is 1.42. The molecule has 0 bridgehead atoms. The number of halogens is 1. The molecule has 1 N–H and O–H groups in total. The van der Waals surface area contributed by atoms with E-state index in [0.29, 0.717) is 11.6 Å². The topological polar surface area (TPSA) is 44.8 Å². The molecule has 1 heterocycles. The third kappa shape index (κ3) is 5.47. The van der Waals surface area contributed by atoms with E-state index in [1.165, 1.54) is 0 Å². The standard InChI is InChI=1S/C22H28ClN3O2/c1-17-20(23)9-6-10-21(17)24-22(27)18(2)26-13-11-25(12-14-26)15-16-28-19-7-4-3-5-8-19/h3-10,18H,11-16H2,1-2H3,(H,24,27). The van der Waals surface area contributed by atoms with Crippen LogP contribution in [0.4, 0.5) is 5.69 Å². The summed E-state index contributed by atoms with van der Waals surface area (Å²) < 4.78 is 5.78. The molecule has 0 spiro atoms. The molecular formula is C22H28ClN3O2. The number of nitrogens with one attached hydrogen (secondary N) is 1. The minimum atomic E-state index is -0.180. The van der Waals surface area contributed by atoms with Crippen LogP contribution in [-0.4, -0.2) is 61.1 Å². The minimum absolute atomic E-state index is 0.00577. The van der Waals surface area contributed by atoms with E-state index in [1.807, 2.05) is 62.4 Å². The van der Waals surface area contributed by atoms with Gasteiger partial charge in [-0.25, -0.2) is 0 Å². The summed E-state index contributed by atoms with van der Waals surface area (Å²) in [4.78, 5) is 17.3. The van der Waals surface area contributed by atoms with Crippen LogP contribution in [0.1, 0.15) is 12.5 Å². The highest BCUT2D eigenvalue weighted by molar-refractivity contribution is 6.31. The predicted octanol–water partition coefficient (Wildman–Crippen LogP) is 3.67. The van der Waals surface area contributed by atoms with Gasteiger partial charge in [0.2, 0.25) is 5.91 Å². The highest BCUT2D eigenvalue weighted by Crippen LogP contribution is 2.23. The van der Waals surface area contributed by atoms with Crippen molar-refractivity contribution in [1.82, 2.24) is 9.80 Å². The molecular weight excluding hydrogens is 374 g/mol. The Labute approximate surface area is 172 Å². The zero-order valence-electron chi connectivity index (χ0n) is 16.5. The van der Waals surface area contributed by atoms with Gasteiger partial charge in [-0.3, -0.25) is 14.6 Å². The maximum Gasteiger partial charge on any atom is 0.241 e. The summed E-state index contributed by atoms with van der Waals surface area (Å²) in [7, 11) is 0. The van der Waals surface area contributed by atoms with Gasteiger partial charge in [0.25, 0.3) is 0 Å². The fraction of sp³-hybridized carbons (Fsp3) is 0.409. The van der Waals surface area contributed by atoms with Crippen LogP contribution >= 0.6 is 11.6 Å². The van der Waals surface area contributed by atoms with Crippen LogP contribution in [0, 0.1) is 6.92 Å². The van der Waals surface area contributed by atoms with Gasteiger partial charge in [0.15, 0.2) is 0 Å². The van der Waals surface area contributed by atoms with Gasteiger partial charge in [-0.15, -0.1) is 0 Å². The van der Waals surface area contributed by atoms with Crippen molar-refractivity contribution in [2.45, 2.75) is 19.9 Å². The summed E-state index contributed by atoms with van der Waals surface area (Å²) in [5.41, 5.74) is 1.67. The summed E-state index contributed by atoms with van der Waals surface area (Å²) in [6.45, 7) is 9.06. The van der Waals surface area contributed by atoms with Crippen molar-refractivity contribution in [3.63, 3.8) is 0 Å². The molecule has 2 aromatic carbocycles. The first-order valence-electron chi connectivity index (χ1n) is 9.75. The van der Waals surface area contributed by atoms with Crippen molar-refractivity contribution >= 4 is 23.2 Å². The number of ether oxygens (including phenoxy) is 1. The highest BCUT2D eigenvalue weighted by Gasteiger charge is 2.25. The first kappa shape index (κ1) is 20.6. The van der Waals surface area contributed by atoms with E-state index in [2.05, 4.69) is 15.1 Å². The second-order valence-electron chi connectivity index (χ2n) is 7.12. The van der Waals surface area contributed by atoms with E-state index in [1.54, 1.807) is 0 Å². The van der Waals surface area contributed by atoms with Crippen LogP contribution in [0.5, 0.6) is 5.75 Å². The fourth-order valence-electron chi connectivity index (χ4n) is 3.33. The number of nitrogens with zero attached hydrogens (tertiary/aromatic N) is 2. The first-order chi connectivity index (χ1) is 13.5. The van der Waals surface area contributed by atoms with Crippen molar-refractivity contribution in [1.29, 1.82) is 0 Å². The van der Waals surface area contributed by atoms with Crippen LogP contribution in [-0.2, 0) is 4.79 Å². The number of hydrogen-bond acceptors (Lipinski definition) is 4. The van der Waals surface area contributed by atoms with Crippen LogP contribution in [0.25, 0.3) is 0 Å². The number of amides is 1. The van der Waals surface area contributed by atoms with Gasteiger partial charge >= 0.3 is 0 Å². The average Bonchev–Trinajstić information content (AvgIpc) is 2.72. The SMILES string of the molecule is Cc1c(Cl)cccc1NC(=O)C(C)N1CCN(CCOc2ccccc2)CC1. The van der Waals surface area contributed by atoms with Gasteiger partial charge in [0.1, 0.15) is 12.4 Å². The second kappa shape index (κ2) is 9.92. The lowest BCUT2D eigenvalue weighted by molar-refractivity contribution is -0.121. The molecule has 0 aromatic heterocycles. The number of hydrogen-bond donors (Lipinski definition) is 1. The van der Waals surface area contributed by atoms with Crippen LogP contribution in [0.3, 0.4) is 0 Å². The van der Waals surface area contributed by atoms with Gasteiger partial charge in [0.05, 0.1) is 6.04 Å². The van der Waals surface area contributed by atoms with Crippen LogP contribution in [0.15, 0.2) is 48.5 Å². The Bertz CT molecular complexity index is 777. The average molecular weight is 402 g/mol. The van der Waals surface area contributed by atoms with Gasteiger partial charge in [-0.1, -0.05) is 35.9 Å². The lowest BCUT2D eigenvalue weighted by atomic mass is 10.1. The van der Waals surface area contributed by atoms with Gasteiger partial charge in [0, 0.05) is 43.4 Å². The molecule has 28 heavy (non-hydrogen) atoms. The number of carbonyl (C=O) groups is 1. The second-order valence-corrected chi connectivity index (χ2v) is 7.52. The first-order valence-corrected chi connectivity index (χ1v) is 10.1. The molecule has 1 saturated heterocycles. The Hall–Kier alpha value is -2.08. The number of rotatable bonds is 7. The molecule has 3 rings (SSSR count). The predicted molar refractivity (Wildman–Crippen MR) is 114 cm³/mol. The summed E-state index contributed by atoms with van der Waals surface area (Å²) in [6.07, 6.45) is 0. The van der Waals surface area contributed by atoms with E-state index in [9.17, 15) is 4.79 Å². The van der Waals surface area contributed by atoms with Crippen LogP contribution in [0.2, 0.25) is 5.02 Å². The Kier molecular flexibility index (Phi) is 7.31. The molecule has 1 amide bonds. The largest absolute Gasteiger partial charge is 0.492 e. The normalized spacial score (nSPS) is 16.5.